The average Bonchev–Trinajstić information content (AvgIpc) is 3.13. The van der Waals surface area contributed by atoms with Crippen LogP contribution in [0.4, 0.5) is 0 Å². The average molecular weight is 393 g/mol. The van der Waals surface area contributed by atoms with Crippen molar-refractivity contribution in [3.63, 3.8) is 0 Å². The summed E-state index contributed by atoms with van der Waals surface area (Å²) in [5.41, 5.74) is 0.614. The zero-order valence-corrected chi connectivity index (χ0v) is 17.0. The zero-order valence-electron chi connectivity index (χ0n) is 17.0. The summed E-state index contributed by atoms with van der Waals surface area (Å²) in [6.07, 6.45) is 3.74. The van der Waals surface area contributed by atoms with Gasteiger partial charge >= 0.3 is 0 Å². The fourth-order valence-corrected chi connectivity index (χ4v) is 3.47. The number of carbonyl (C=O) groups is 1. The van der Waals surface area contributed by atoms with Crippen molar-refractivity contribution in [1.29, 1.82) is 0 Å². The third-order valence-corrected chi connectivity index (χ3v) is 5.29. The van der Waals surface area contributed by atoms with Crippen LogP contribution in [-0.4, -0.2) is 17.4 Å². The maximum Gasteiger partial charge on any atom is 0.254 e. The van der Waals surface area contributed by atoms with E-state index in [2.05, 4.69) is 13.8 Å². The van der Waals surface area contributed by atoms with Crippen LogP contribution in [0.5, 0.6) is 5.75 Å². The van der Waals surface area contributed by atoms with Crippen LogP contribution in [0.25, 0.3) is 0 Å². The number of ether oxygens (including phenoxy) is 1. The molecule has 0 saturated heterocycles. The summed E-state index contributed by atoms with van der Waals surface area (Å²) in [5.74, 6) is 4.47. The van der Waals surface area contributed by atoms with Crippen LogP contribution >= 0.6 is 0 Å². The van der Waals surface area contributed by atoms with Gasteiger partial charge in [0, 0.05) is 11.5 Å². The van der Waals surface area contributed by atoms with Crippen LogP contribution in [0.1, 0.15) is 60.2 Å². The lowest BCUT2D eigenvalue weighted by Crippen LogP contribution is -2.29. The Hall–Kier alpha value is -2.95. The molecule has 0 radical (unpaired) electrons. The van der Waals surface area contributed by atoms with E-state index >= 15 is 0 Å². The molecule has 3 aromatic rings. The Morgan fingerprint density at radius 3 is 2.52 bits per heavy atom. The van der Waals surface area contributed by atoms with Gasteiger partial charge in [0.05, 0.1) is 26.0 Å². The van der Waals surface area contributed by atoms with Crippen molar-refractivity contribution in [2.24, 2.45) is 5.92 Å². The standard InChI is InChI=1S/C24H27NO4/c1-3-12-27-19-8-6-18(7-9-19)24(26)25(15-20-5-4-13-28-20)16-21-10-11-23(29-21)22-14-17(22)2/h4-11,13,17,22H,3,12,14-16H2,1-2H3. The van der Waals surface area contributed by atoms with Crippen molar-refractivity contribution >= 4 is 5.91 Å². The number of hydrogen-bond donors (Lipinski definition) is 0. The van der Waals surface area contributed by atoms with Crippen molar-refractivity contribution in [3.8, 4) is 5.75 Å². The van der Waals surface area contributed by atoms with E-state index in [0.717, 1.165) is 29.5 Å². The molecule has 1 aliphatic carbocycles. The van der Waals surface area contributed by atoms with Crippen molar-refractivity contribution < 1.29 is 18.4 Å². The molecule has 4 rings (SSSR count). The monoisotopic (exact) mass is 393 g/mol. The van der Waals surface area contributed by atoms with Gasteiger partial charge in [-0.05, 0) is 67.3 Å². The maximum absolute atomic E-state index is 13.2. The lowest BCUT2D eigenvalue weighted by atomic mass is 10.2. The molecular weight excluding hydrogens is 366 g/mol. The molecule has 1 aliphatic rings. The maximum atomic E-state index is 13.2. The number of furan rings is 2. The molecule has 0 aliphatic heterocycles. The number of amides is 1. The van der Waals surface area contributed by atoms with Gasteiger partial charge in [-0.25, -0.2) is 0 Å². The molecule has 1 fully saturated rings. The first-order valence-electron chi connectivity index (χ1n) is 10.3. The van der Waals surface area contributed by atoms with Crippen LogP contribution in [-0.2, 0) is 13.1 Å². The van der Waals surface area contributed by atoms with Gasteiger partial charge in [0.25, 0.3) is 5.91 Å². The molecule has 1 aromatic carbocycles. The number of nitrogens with zero attached hydrogens (tertiary/aromatic N) is 1. The summed E-state index contributed by atoms with van der Waals surface area (Å²) in [6, 6.07) is 15.0. The first kappa shape index (κ1) is 19.4. The second-order valence-electron chi connectivity index (χ2n) is 7.74. The quantitative estimate of drug-likeness (QED) is 0.473. The van der Waals surface area contributed by atoms with E-state index in [0.29, 0.717) is 37.1 Å². The third kappa shape index (κ3) is 4.73. The predicted octanol–water partition coefficient (Wildman–Crippen LogP) is 5.63. The predicted molar refractivity (Wildman–Crippen MR) is 110 cm³/mol. The first-order chi connectivity index (χ1) is 14.1. The highest BCUT2D eigenvalue weighted by Crippen LogP contribution is 2.47. The number of rotatable bonds is 9. The van der Waals surface area contributed by atoms with E-state index < -0.39 is 0 Å². The summed E-state index contributed by atoms with van der Waals surface area (Å²) in [5, 5.41) is 0. The van der Waals surface area contributed by atoms with Gasteiger partial charge in [0.15, 0.2) is 0 Å². The fraction of sp³-hybridized carbons (Fsp3) is 0.375. The Bertz CT molecular complexity index is 926. The molecular formula is C24H27NO4. The van der Waals surface area contributed by atoms with E-state index in [1.807, 2.05) is 48.5 Å². The molecule has 5 nitrogen and oxygen atoms in total. The summed E-state index contributed by atoms with van der Waals surface area (Å²) in [7, 11) is 0. The highest BCUT2D eigenvalue weighted by atomic mass is 16.5. The summed E-state index contributed by atoms with van der Waals surface area (Å²) < 4.78 is 17.1. The van der Waals surface area contributed by atoms with Gasteiger partial charge in [-0.3, -0.25) is 4.79 Å². The molecule has 0 spiro atoms. The smallest absolute Gasteiger partial charge is 0.254 e. The van der Waals surface area contributed by atoms with Crippen LogP contribution in [0.2, 0.25) is 0 Å². The largest absolute Gasteiger partial charge is 0.494 e. The number of benzene rings is 1. The Labute approximate surface area is 171 Å². The molecule has 2 aromatic heterocycles. The Balaban J connectivity index is 1.50. The lowest BCUT2D eigenvalue weighted by Gasteiger charge is -2.21. The van der Waals surface area contributed by atoms with Crippen molar-refractivity contribution in [1.82, 2.24) is 4.90 Å². The van der Waals surface area contributed by atoms with Crippen molar-refractivity contribution in [2.75, 3.05) is 6.61 Å². The third-order valence-electron chi connectivity index (χ3n) is 5.29. The van der Waals surface area contributed by atoms with Crippen LogP contribution < -0.4 is 4.74 Å². The van der Waals surface area contributed by atoms with E-state index in [4.69, 9.17) is 13.6 Å². The summed E-state index contributed by atoms with van der Waals surface area (Å²) in [4.78, 5) is 15.0. The van der Waals surface area contributed by atoms with E-state index in [1.165, 1.54) is 6.42 Å². The second-order valence-corrected chi connectivity index (χ2v) is 7.74. The highest BCUT2D eigenvalue weighted by molar-refractivity contribution is 5.94. The Morgan fingerprint density at radius 2 is 1.86 bits per heavy atom. The zero-order chi connectivity index (χ0) is 20.2. The first-order valence-corrected chi connectivity index (χ1v) is 10.3. The highest BCUT2D eigenvalue weighted by Gasteiger charge is 2.36. The molecule has 1 saturated carbocycles. The Kier molecular flexibility index (Phi) is 5.74. The molecule has 2 unspecified atom stereocenters. The molecule has 5 heteroatoms. The molecule has 2 atom stereocenters. The van der Waals surface area contributed by atoms with Gasteiger partial charge in [0.1, 0.15) is 23.0 Å². The van der Waals surface area contributed by atoms with Crippen molar-refractivity contribution in [2.45, 2.75) is 45.7 Å². The summed E-state index contributed by atoms with van der Waals surface area (Å²) in [6.45, 7) is 5.74. The topological polar surface area (TPSA) is 55.8 Å². The van der Waals surface area contributed by atoms with Gasteiger partial charge < -0.3 is 18.5 Å². The van der Waals surface area contributed by atoms with E-state index in [-0.39, 0.29) is 5.91 Å². The van der Waals surface area contributed by atoms with Crippen LogP contribution in [0.3, 0.4) is 0 Å². The van der Waals surface area contributed by atoms with Gasteiger partial charge in [-0.1, -0.05) is 13.8 Å². The minimum Gasteiger partial charge on any atom is -0.494 e. The second kappa shape index (κ2) is 8.60. The molecule has 0 bridgehead atoms. The SMILES string of the molecule is CCCOc1ccc(C(=O)N(Cc2ccco2)Cc2ccc(C3CC3C)o2)cc1. The number of carbonyl (C=O) groups excluding carboxylic acids is 1. The van der Waals surface area contributed by atoms with Crippen molar-refractivity contribution in [3.05, 3.63) is 77.6 Å². The molecule has 29 heavy (non-hydrogen) atoms. The summed E-state index contributed by atoms with van der Waals surface area (Å²) >= 11 is 0. The Morgan fingerprint density at radius 1 is 1.10 bits per heavy atom. The minimum atomic E-state index is -0.0684. The minimum absolute atomic E-state index is 0.0684. The molecule has 2 heterocycles. The van der Waals surface area contributed by atoms with E-state index in [9.17, 15) is 4.79 Å². The van der Waals surface area contributed by atoms with Crippen LogP contribution in [0, 0.1) is 5.92 Å². The molecule has 152 valence electrons. The van der Waals surface area contributed by atoms with Gasteiger partial charge in [0.2, 0.25) is 0 Å². The van der Waals surface area contributed by atoms with Gasteiger partial charge in [-0.15, -0.1) is 0 Å². The van der Waals surface area contributed by atoms with E-state index in [1.54, 1.807) is 11.2 Å². The fourth-order valence-electron chi connectivity index (χ4n) is 3.47. The normalized spacial score (nSPS) is 17.9. The van der Waals surface area contributed by atoms with Crippen LogP contribution in [0.15, 0.2) is 63.6 Å². The molecule has 1 amide bonds. The number of hydrogen-bond acceptors (Lipinski definition) is 4. The van der Waals surface area contributed by atoms with Gasteiger partial charge in [-0.2, -0.15) is 0 Å². The lowest BCUT2D eigenvalue weighted by molar-refractivity contribution is 0.0704. The molecule has 0 N–H and O–H groups in total.